The molecule has 2 aliphatic heterocycles. The van der Waals surface area contributed by atoms with Crippen molar-refractivity contribution in [3.8, 4) is 33.8 Å². The van der Waals surface area contributed by atoms with Gasteiger partial charge in [0.25, 0.3) is 5.91 Å². The first kappa shape index (κ1) is 48.5. The van der Waals surface area contributed by atoms with Crippen LogP contribution in [0.1, 0.15) is 67.1 Å². The fourth-order valence-electron chi connectivity index (χ4n) is 8.12. The second-order valence-corrected chi connectivity index (χ2v) is 17.1. The lowest BCUT2D eigenvalue weighted by molar-refractivity contribution is -0.142. The average Bonchev–Trinajstić information content (AvgIpc) is 3.74. The van der Waals surface area contributed by atoms with E-state index in [9.17, 15) is 43.8 Å². The lowest BCUT2D eigenvalue weighted by Crippen LogP contribution is -2.58. The van der Waals surface area contributed by atoms with Crippen LogP contribution in [-0.4, -0.2) is 119 Å². The van der Waals surface area contributed by atoms with E-state index < -0.39 is 71.7 Å². The number of hydrogen-bond acceptors (Lipinski definition) is 10. The maximum Gasteiger partial charge on any atom is 0.251 e. The molecule has 2 aliphatic rings. The van der Waals surface area contributed by atoms with Crippen LogP contribution in [0.3, 0.4) is 0 Å². The maximum absolute atomic E-state index is 14.6. The largest absolute Gasteiger partial charge is 0.507 e. The van der Waals surface area contributed by atoms with Crippen LogP contribution in [-0.2, 0) is 35.2 Å². The molecule has 6 rings (SSSR count). The van der Waals surface area contributed by atoms with Crippen LogP contribution in [0.5, 0.6) is 11.5 Å². The topological polar surface area (TPSA) is 253 Å². The van der Waals surface area contributed by atoms with Crippen molar-refractivity contribution in [2.24, 2.45) is 5.73 Å². The van der Waals surface area contributed by atoms with Crippen LogP contribution < -0.4 is 32.3 Å². The summed E-state index contributed by atoms with van der Waals surface area (Å²) >= 11 is 6.05. The molecule has 4 bridgehead atoms. The van der Waals surface area contributed by atoms with Crippen molar-refractivity contribution in [3.63, 3.8) is 0 Å². The maximum atomic E-state index is 14.6. The molecule has 4 aromatic carbocycles. The summed E-state index contributed by atoms with van der Waals surface area (Å²) < 4.78 is 0. The van der Waals surface area contributed by atoms with Gasteiger partial charge >= 0.3 is 0 Å². The molecular weight excluding hydrogens is 868 g/mol. The zero-order valence-electron chi connectivity index (χ0n) is 37.1. The zero-order valence-corrected chi connectivity index (χ0v) is 37.9. The Morgan fingerprint density at radius 3 is 2.06 bits per heavy atom. The molecule has 6 atom stereocenters. The number of nitrogens with zero attached hydrogens (tertiary/aromatic N) is 2. The van der Waals surface area contributed by atoms with Gasteiger partial charge in [-0.1, -0.05) is 48.0 Å². The molecule has 348 valence electrons. The van der Waals surface area contributed by atoms with E-state index in [2.05, 4.69) is 26.6 Å². The Morgan fingerprint density at radius 1 is 0.788 bits per heavy atom. The summed E-state index contributed by atoms with van der Waals surface area (Å²) in [6.07, 6.45) is 1.44. The van der Waals surface area contributed by atoms with E-state index in [0.29, 0.717) is 42.9 Å². The van der Waals surface area contributed by atoms with E-state index in [1.807, 2.05) is 12.1 Å². The van der Waals surface area contributed by atoms with E-state index in [-0.39, 0.29) is 52.5 Å². The Bertz CT molecular complexity index is 2480. The van der Waals surface area contributed by atoms with E-state index in [0.717, 1.165) is 16.0 Å². The number of carbonyl (C=O) groups excluding carboxylic acids is 7. The van der Waals surface area contributed by atoms with E-state index in [4.69, 9.17) is 17.3 Å². The second-order valence-electron chi connectivity index (χ2n) is 16.6. The highest BCUT2D eigenvalue weighted by molar-refractivity contribution is 6.30. The molecule has 1 saturated heterocycles. The van der Waals surface area contributed by atoms with Crippen LogP contribution in [0.2, 0.25) is 5.02 Å². The van der Waals surface area contributed by atoms with Crippen molar-refractivity contribution in [2.45, 2.75) is 82.2 Å². The molecule has 0 aromatic heterocycles. The number of aromatic hydroxyl groups is 2. The Kier molecular flexibility index (Phi) is 15.7. The third kappa shape index (κ3) is 11.3. The lowest BCUT2D eigenvalue weighted by Gasteiger charge is -2.32. The summed E-state index contributed by atoms with van der Waals surface area (Å²) in [6.45, 7) is 3.60. The number of nitrogens with one attached hydrogen (secondary N) is 5. The summed E-state index contributed by atoms with van der Waals surface area (Å²) in [5, 5.41) is 36.4. The van der Waals surface area contributed by atoms with E-state index in [1.54, 1.807) is 36.4 Å². The smallest absolute Gasteiger partial charge is 0.251 e. The molecule has 9 N–H and O–H groups in total. The summed E-state index contributed by atoms with van der Waals surface area (Å²) in [7, 11) is 2.85. The molecule has 0 saturated carbocycles. The van der Waals surface area contributed by atoms with E-state index >= 15 is 0 Å². The van der Waals surface area contributed by atoms with Crippen molar-refractivity contribution in [1.29, 1.82) is 0 Å². The number of rotatable bonds is 13. The standard InChI is InChI=1S/C48H55ClN8O9/c1-26-42(60)55-37(44(62)53-27(2)47(65)56(3)38-20-22-51-45(38)63)24-28-8-18-39(58)34(23-28)35-25-32(15-19-40(35)59)41(46(64)52-26)57(4)48(66)36(7-5-6-21-50)54-43(61)31-11-9-29(10-12-31)30-13-16-33(49)17-14-30/h8-19,23,25-27,36-38,41,58-59H,5-7,20-22,24,50H2,1-4H3,(H,51,63)(H,52,64)(H,53,62)(H,54,61)(H,55,60)/t26-,27-,36-,37-,38-,41-/m0/s1. The van der Waals surface area contributed by atoms with Gasteiger partial charge < -0.3 is 52.3 Å². The molecule has 0 unspecified atom stereocenters. The molecule has 1 fully saturated rings. The third-order valence-corrected chi connectivity index (χ3v) is 12.2. The number of fused-ring (bicyclic) bond motifs is 5. The van der Waals surface area contributed by atoms with Crippen molar-refractivity contribution in [3.05, 3.63) is 107 Å². The summed E-state index contributed by atoms with van der Waals surface area (Å²) in [4.78, 5) is 98.7. The van der Waals surface area contributed by atoms with Gasteiger partial charge in [0.1, 0.15) is 47.8 Å². The quantitative estimate of drug-likeness (QED) is 0.0911. The molecule has 0 radical (unpaired) electrons. The van der Waals surface area contributed by atoms with Gasteiger partial charge in [-0.25, -0.2) is 0 Å². The van der Waals surface area contributed by atoms with Crippen molar-refractivity contribution < 1.29 is 43.8 Å². The highest BCUT2D eigenvalue weighted by Crippen LogP contribution is 2.39. The van der Waals surface area contributed by atoms with Gasteiger partial charge in [0, 0.05) is 48.8 Å². The fraction of sp³-hybridized carbons (Fsp3) is 0.354. The minimum absolute atomic E-state index is 0.0914. The first-order chi connectivity index (χ1) is 31.5. The Labute approximate surface area is 387 Å². The number of phenolic OH excluding ortho intramolecular Hbond substituents is 2. The van der Waals surface area contributed by atoms with Gasteiger partial charge in [-0.15, -0.1) is 0 Å². The second kappa shape index (κ2) is 21.3. The number of benzene rings is 4. The first-order valence-electron chi connectivity index (χ1n) is 21.7. The van der Waals surface area contributed by atoms with E-state index in [1.165, 1.54) is 69.2 Å². The summed E-state index contributed by atoms with van der Waals surface area (Å²) in [5.74, 6) is -4.89. The summed E-state index contributed by atoms with van der Waals surface area (Å²) in [5.41, 5.74) is 8.66. The summed E-state index contributed by atoms with van der Waals surface area (Å²) in [6, 6.07) is 15.7. The Morgan fingerprint density at radius 2 is 1.42 bits per heavy atom. The number of hydrogen-bond donors (Lipinski definition) is 8. The van der Waals surface area contributed by atoms with Gasteiger partial charge in [0.15, 0.2) is 0 Å². The van der Waals surface area contributed by atoms with Gasteiger partial charge in [-0.3, -0.25) is 33.6 Å². The number of carbonyl (C=O) groups is 7. The number of nitrogens with two attached hydrogens (primary N) is 1. The van der Waals surface area contributed by atoms with Crippen molar-refractivity contribution in [1.82, 2.24) is 36.4 Å². The van der Waals surface area contributed by atoms with Crippen LogP contribution in [0.25, 0.3) is 22.3 Å². The Balaban J connectivity index is 1.29. The zero-order chi connectivity index (χ0) is 47.8. The van der Waals surface area contributed by atoms with Crippen molar-refractivity contribution in [2.75, 3.05) is 27.2 Å². The first-order valence-corrected chi connectivity index (χ1v) is 22.1. The molecular formula is C48H55ClN8O9. The molecule has 4 aromatic rings. The number of halogens is 1. The van der Waals surface area contributed by atoms with Gasteiger partial charge in [0.2, 0.25) is 35.4 Å². The minimum Gasteiger partial charge on any atom is -0.507 e. The van der Waals surface area contributed by atoms with Crippen LogP contribution in [0, 0.1) is 0 Å². The molecule has 7 amide bonds. The number of phenols is 2. The molecule has 0 spiro atoms. The highest BCUT2D eigenvalue weighted by atomic mass is 35.5. The predicted molar refractivity (Wildman–Crippen MR) is 247 cm³/mol. The molecule has 2 heterocycles. The minimum atomic E-state index is -1.46. The third-order valence-electron chi connectivity index (χ3n) is 11.9. The fourth-order valence-corrected chi connectivity index (χ4v) is 8.25. The SMILES string of the molecule is C[C@@H]1NC(=O)[C@@H](N(C)C(=O)[C@H](CCCCN)NC(=O)c2ccc(-c3ccc(Cl)cc3)cc2)c2ccc(O)c(c2)-c2cc(ccc2O)C[C@@H](C(=O)N[C@@H](C)C(=O)N(C)[C@H]2CCNC2=O)NC1=O. The van der Waals surface area contributed by atoms with Crippen LogP contribution in [0.15, 0.2) is 84.9 Å². The van der Waals surface area contributed by atoms with Gasteiger partial charge in [-0.05, 0) is 117 Å². The number of likely N-dealkylation sites (N-methyl/N-ethyl adjacent to an activating group) is 2. The van der Waals surface area contributed by atoms with Crippen LogP contribution >= 0.6 is 11.6 Å². The van der Waals surface area contributed by atoms with Gasteiger partial charge in [-0.2, -0.15) is 0 Å². The number of unbranched alkanes of at least 4 members (excludes halogenated alkanes) is 1. The van der Waals surface area contributed by atoms with Gasteiger partial charge in [0.05, 0.1) is 0 Å². The monoisotopic (exact) mass is 922 g/mol. The lowest BCUT2D eigenvalue weighted by atomic mass is 9.93. The van der Waals surface area contributed by atoms with Crippen molar-refractivity contribution >= 4 is 53.0 Å². The Hall–Kier alpha value is -6.98. The molecule has 18 heteroatoms. The van der Waals surface area contributed by atoms with Crippen LogP contribution in [0.4, 0.5) is 0 Å². The average molecular weight is 923 g/mol. The number of amides is 7. The molecule has 66 heavy (non-hydrogen) atoms. The molecule has 17 nitrogen and oxygen atoms in total. The normalized spacial score (nSPS) is 19.2. The molecule has 0 aliphatic carbocycles. The predicted octanol–water partition coefficient (Wildman–Crippen LogP) is 2.91. The highest BCUT2D eigenvalue weighted by Gasteiger charge is 2.37.